The van der Waals surface area contributed by atoms with E-state index in [0.29, 0.717) is 23.7 Å². The van der Waals surface area contributed by atoms with Gasteiger partial charge in [0.05, 0.1) is 10.9 Å². The standard InChI is InChI=1S/C20H23ClN2O3S/c1-3-23(4-2)27(25,26)17-7-5-6-15(13-17)20(24)22-19-11-8-14-12-16(21)9-10-18(14)19/h5-7,9-10,12-13,19H,3-4,8,11H2,1-2H3,(H,22,24). The summed E-state index contributed by atoms with van der Waals surface area (Å²) < 4.78 is 26.8. The number of carbonyl (C=O) groups excluding carboxylic acids is 1. The van der Waals surface area contributed by atoms with Crippen molar-refractivity contribution in [3.05, 3.63) is 64.2 Å². The molecule has 7 heteroatoms. The highest BCUT2D eigenvalue weighted by Gasteiger charge is 2.26. The number of rotatable bonds is 6. The van der Waals surface area contributed by atoms with Crippen LogP contribution in [0.2, 0.25) is 5.02 Å². The highest BCUT2D eigenvalue weighted by atomic mass is 35.5. The number of hydrogen-bond acceptors (Lipinski definition) is 3. The quantitative estimate of drug-likeness (QED) is 0.793. The molecule has 0 saturated heterocycles. The van der Waals surface area contributed by atoms with Gasteiger partial charge in [-0.2, -0.15) is 4.31 Å². The predicted octanol–water partition coefficient (Wildman–Crippen LogP) is 3.79. The van der Waals surface area contributed by atoms with Gasteiger partial charge >= 0.3 is 0 Å². The molecule has 3 rings (SSSR count). The van der Waals surface area contributed by atoms with E-state index in [9.17, 15) is 13.2 Å². The van der Waals surface area contributed by atoms with Crippen molar-refractivity contribution in [2.45, 2.75) is 37.6 Å². The Balaban J connectivity index is 1.81. The van der Waals surface area contributed by atoms with Crippen molar-refractivity contribution in [1.82, 2.24) is 9.62 Å². The van der Waals surface area contributed by atoms with Crippen LogP contribution in [0.25, 0.3) is 0 Å². The molecule has 2 aromatic carbocycles. The molecule has 1 atom stereocenters. The molecule has 1 aliphatic carbocycles. The second-order valence-corrected chi connectivity index (χ2v) is 8.90. The third-order valence-electron chi connectivity index (χ3n) is 4.93. The van der Waals surface area contributed by atoms with Crippen LogP contribution in [0.3, 0.4) is 0 Å². The Hall–Kier alpha value is -1.89. The molecular weight excluding hydrogens is 384 g/mol. The summed E-state index contributed by atoms with van der Waals surface area (Å²) in [6.45, 7) is 4.36. The summed E-state index contributed by atoms with van der Waals surface area (Å²) in [5.74, 6) is -0.278. The summed E-state index contributed by atoms with van der Waals surface area (Å²) in [4.78, 5) is 12.9. The summed E-state index contributed by atoms with van der Waals surface area (Å²) in [6, 6.07) is 11.8. The first-order chi connectivity index (χ1) is 12.9. The number of aryl methyl sites for hydroxylation is 1. The molecule has 1 aliphatic rings. The van der Waals surface area contributed by atoms with Gasteiger partial charge in [0, 0.05) is 23.7 Å². The molecule has 5 nitrogen and oxygen atoms in total. The van der Waals surface area contributed by atoms with Crippen LogP contribution < -0.4 is 5.32 Å². The van der Waals surface area contributed by atoms with E-state index >= 15 is 0 Å². The zero-order valence-electron chi connectivity index (χ0n) is 15.4. The van der Waals surface area contributed by atoms with Crippen molar-refractivity contribution in [3.8, 4) is 0 Å². The van der Waals surface area contributed by atoms with Gasteiger partial charge in [0.2, 0.25) is 10.0 Å². The van der Waals surface area contributed by atoms with E-state index in [0.717, 1.165) is 24.0 Å². The van der Waals surface area contributed by atoms with Gasteiger partial charge in [0.1, 0.15) is 0 Å². The third-order valence-corrected chi connectivity index (χ3v) is 7.21. The molecule has 144 valence electrons. The second kappa shape index (κ2) is 8.00. The monoisotopic (exact) mass is 406 g/mol. The van der Waals surface area contributed by atoms with Crippen LogP contribution in [0, 0.1) is 0 Å². The highest BCUT2D eigenvalue weighted by molar-refractivity contribution is 7.89. The lowest BCUT2D eigenvalue weighted by Gasteiger charge is -2.19. The van der Waals surface area contributed by atoms with E-state index in [1.165, 1.54) is 16.4 Å². The Morgan fingerprint density at radius 3 is 2.63 bits per heavy atom. The predicted molar refractivity (Wildman–Crippen MR) is 107 cm³/mol. The molecule has 1 N–H and O–H groups in total. The lowest BCUT2D eigenvalue weighted by molar-refractivity contribution is 0.0936. The van der Waals surface area contributed by atoms with Gasteiger partial charge in [-0.25, -0.2) is 8.42 Å². The fourth-order valence-electron chi connectivity index (χ4n) is 3.49. The van der Waals surface area contributed by atoms with Crippen molar-refractivity contribution in [1.29, 1.82) is 0 Å². The molecule has 0 heterocycles. The van der Waals surface area contributed by atoms with Gasteiger partial charge in [-0.15, -0.1) is 0 Å². The van der Waals surface area contributed by atoms with Crippen LogP contribution in [0.1, 0.15) is 47.8 Å². The molecule has 0 saturated carbocycles. The number of nitrogens with one attached hydrogen (secondary N) is 1. The third kappa shape index (κ3) is 4.03. The van der Waals surface area contributed by atoms with Crippen molar-refractivity contribution >= 4 is 27.5 Å². The fourth-order valence-corrected chi connectivity index (χ4v) is 5.19. The maximum atomic E-state index is 12.7. The van der Waals surface area contributed by atoms with E-state index in [-0.39, 0.29) is 16.8 Å². The van der Waals surface area contributed by atoms with Crippen LogP contribution in [-0.2, 0) is 16.4 Å². The average Bonchev–Trinajstić information content (AvgIpc) is 3.04. The first-order valence-corrected chi connectivity index (χ1v) is 10.9. The number of halogens is 1. The number of hydrogen-bond donors (Lipinski definition) is 1. The molecule has 1 unspecified atom stereocenters. The Morgan fingerprint density at radius 2 is 1.93 bits per heavy atom. The maximum Gasteiger partial charge on any atom is 0.251 e. The topological polar surface area (TPSA) is 66.5 Å². The molecule has 2 aromatic rings. The first-order valence-electron chi connectivity index (χ1n) is 9.06. The minimum absolute atomic E-state index is 0.0900. The Bertz CT molecular complexity index is 955. The number of nitrogens with zero attached hydrogens (tertiary/aromatic N) is 1. The number of sulfonamides is 1. The van der Waals surface area contributed by atoms with E-state index < -0.39 is 10.0 Å². The summed E-state index contributed by atoms with van der Waals surface area (Å²) in [6.07, 6.45) is 1.66. The van der Waals surface area contributed by atoms with E-state index in [1.54, 1.807) is 26.0 Å². The van der Waals surface area contributed by atoms with Crippen LogP contribution in [0.4, 0.5) is 0 Å². The van der Waals surface area contributed by atoms with E-state index in [4.69, 9.17) is 11.6 Å². The van der Waals surface area contributed by atoms with E-state index in [2.05, 4.69) is 5.32 Å². The van der Waals surface area contributed by atoms with Gasteiger partial charge in [0.25, 0.3) is 5.91 Å². The van der Waals surface area contributed by atoms with Crippen LogP contribution >= 0.6 is 11.6 Å². The minimum Gasteiger partial charge on any atom is -0.345 e. The number of fused-ring (bicyclic) bond motifs is 1. The molecule has 1 amide bonds. The van der Waals surface area contributed by atoms with Crippen molar-refractivity contribution in [2.24, 2.45) is 0 Å². The zero-order valence-corrected chi connectivity index (χ0v) is 17.0. The van der Waals surface area contributed by atoms with Crippen molar-refractivity contribution in [2.75, 3.05) is 13.1 Å². The van der Waals surface area contributed by atoms with Crippen LogP contribution in [0.5, 0.6) is 0 Å². The molecule has 0 fully saturated rings. The molecule has 0 aliphatic heterocycles. The molecule has 0 radical (unpaired) electrons. The van der Waals surface area contributed by atoms with Crippen LogP contribution in [-0.4, -0.2) is 31.7 Å². The van der Waals surface area contributed by atoms with Gasteiger partial charge in [-0.05, 0) is 54.3 Å². The Morgan fingerprint density at radius 1 is 1.19 bits per heavy atom. The second-order valence-electron chi connectivity index (χ2n) is 6.53. The first kappa shape index (κ1) is 19.9. The molecule has 0 spiro atoms. The zero-order chi connectivity index (χ0) is 19.6. The smallest absolute Gasteiger partial charge is 0.251 e. The van der Waals surface area contributed by atoms with Crippen LogP contribution in [0.15, 0.2) is 47.4 Å². The minimum atomic E-state index is -3.60. The number of amides is 1. The SMILES string of the molecule is CCN(CC)S(=O)(=O)c1cccc(C(=O)NC2CCc3cc(Cl)ccc32)c1. The van der Waals surface area contributed by atoms with E-state index in [1.807, 2.05) is 18.2 Å². The normalized spacial score (nSPS) is 16.4. The summed E-state index contributed by atoms with van der Waals surface area (Å²) in [5.41, 5.74) is 2.55. The number of benzene rings is 2. The lowest BCUT2D eigenvalue weighted by atomic mass is 10.1. The largest absolute Gasteiger partial charge is 0.345 e. The van der Waals surface area contributed by atoms with Gasteiger partial charge in [-0.3, -0.25) is 4.79 Å². The fraction of sp³-hybridized carbons (Fsp3) is 0.350. The summed E-state index contributed by atoms with van der Waals surface area (Å²) >= 11 is 6.03. The highest BCUT2D eigenvalue weighted by Crippen LogP contribution is 2.33. The van der Waals surface area contributed by atoms with Gasteiger partial charge in [0.15, 0.2) is 0 Å². The molecule has 0 aromatic heterocycles. The Kier molecular flexibility index (Phi) is 5.89. The molecular formula is C20H23ClN2O3S. The molecule has 0 bridgehead atoms. The number of carbonyl (C=O) groups is 1. The lowest BCUT2D eigenvalue weighted by Crippen LogP contribution is -2.31. The summed E-state index contributed by atoms with van der Waals surface area (Å²) in [5, 5.41) is 3.71. The average molecular weight is 407 g/mol. The summed E-state index contributed by atoms with van der Waals surface area (Å²) in [7, 11) is -3.60. The van der Waals surface area contributed by atoms with Crippen molar-refractivity contribution in [3.63, 3.8) is 0 Å². The Labute approximate surface area is 165 Å². The van der Waals surface area contributed by atoms with Crippen molar-refractivity contribution < 1.29 is 13.2 Å². The van der Waals surface area contributed by atoms with Gasteiger partial charge in [-0.1, -0.05) is 37.6 Å². The maximum absolute atomic E-state index is 12.7. The van der Waals surface area contributed by atoms with Gasteiger partial charge < -0.3 is 5.32 Å². The molecule has 27 heavy (non-hydrogen) atoms.